The first-order chi connectivity index (χ1) is 6.58. The summed E-state index contributed by atoms with van der Waals surface area (Å²) in [6.07, 6.45) is 1.19. The van der Waals surface area contributed by atoms with Crippen molar-refractivity contribution in [3.8, 4) is 0 Å². The summed E-state index contributed by atoms with van der Waals surface area (Å²) >= 11 is 0. The maximum absolute atomic E-state index is 5.45. The fourth-order valence-electron chi connectivity index (χ4n) is 1.48. The minimum atomic E-state index is -1.86. The zero-order valence-electron chi connectivity index (χ0n) is 10.2. The first-order valence-electron chi connectivity index (χ1n) is 5.39. The van der Waals surface area contributed by atoms with Crippen molar-refractivity contribution in [2.45, 2.75) is 32.9 Å². The van der Waals surface area contributed by atoms with Gasteiger partial charge in [0, 0.05) is 14.2 Å². The van der Waals surface area contributed by atoms with E-state index in [1.54, 1.807) is 14.2 Å². The van der Waals surface area contributed by atoms with E-state index >= 15 is 0 Å². The number of rotatable bonds is 8. The van der Waals surface area contributed by atoms with Crippen LogP contribution in [0.5, 0.6) is 0 Å². The predicted octanol–water partition coefficient (Wildman–Crippen LogP) is 1.99. The second kappa shape index (κ2) is 7.40. The lowest BCUT2D eigenvalue weighted by Gasteiger charge is -2.26. The Morgan fingerprint density at radius 3 is 2.29 bits per heavy atom. The van der Waals surface area contributed by atoms with E-state index in [1.165, 1.54) is 6.42 Å². The van der Waals surface area contributed by atoms with Crippen LogP contribution in [0.25, 0.3) is 0 Å². The molecule has 0 aromatic rings. The number of nitrogens with one attached hydrogen (secondary N) is 1. The second-order valence-corrected chi connectivity index (χ2v) is 7.55. The summed E-state index contributed by atoms with van der Waals surface area (Å²) in [6, 6.07) is 1.05. The van der Waals surface area contributed by atoms with Crippen molar-refractivity contribution in [2.75, 3.05) is 27.3 Å². The van der Waals surface area contributed by atoms with Gasteiger partial charge in [-0.3, -0.25) is 0 Å². The highest BCUT2D eigenvalue weighted by Crippen LogP contribution is 2.17. The highest BCUT2D eigenvalue weighted by Gasteiger charge is 2.30. The van der Waals surface area contributed by atoms with Crippen molar-refractivity contribution in [3.63, 3.8) is 0 Å². The first-order valence-corrected chi connectivity index (χ1v) is 7.91. The molecule has 0 aromatic carbocycles. The van der Waals surface area contributed by atoms with Crippen LogP contribution in [0.1, 0.15) is 20.3 Å². The normalized spacial score (nSPS) is 14.4. The van der Waals surface area contributed by atoms with Crippen LogP contribution in [0.4, 0.5) is 0 Å². The van der Waals surface area contributed by atoms with E-state index in [0.29, 0.717) is 5.92 Å². The molecule has 3 nitrogen and oxygen atoms in total. The Morgan fingerprint density at radius 2 is 1.86 bits per heavy atom. The van der Waals surface area contributed by atoms with Crippen molar-refractivity contribution in [3.05, 3.63) is 0 Å². The standard InChI is InChI=1S/C10H25NO2Si/c1-6-7-11-8-10(2)9-14(5,12-3)13-4/h10-11H,6-9H2,1-5H3. The van der Waals surface area contributed by atoms with E-state index in [9.17, 15) is 0 Å². The average Bonchev–Trinajstić information content (AvgIpc) is 2.18. The van der Waals surface area contributed by atoms with E-state index < -0.39 is 8.56 Å². The molecule has 0 radical (unpaired) electrons. The van der Waals surface area contributed by atoms with Gasteiger partial charge in [0.1, 0.15) is 0 Å². The van der Waals surface area contributed by atoms with Crippen LogP contribution in [-0.2, 0) is 8.85 Å². The minimum absolute atomic E-state index is 0.623. The van der Waals surface area contributed by atoms with Gasteiger partial charge in [-0.2, -0.15) is 0 Å². The third-order valence-corrected chi connectivity index (χ3v) is 5.67. The molecule has 0 heterocycles. The third-order valence-electron chi connectivity index (χ3n) is 2.50. The summed E-state index contributed by atoms with van der Waals surface area (Å²) in [5.41, 5.74) is 0. The molecular formula is C10H25NO2Si. The molecule has 0 rings (SSSR count). The molecule has 1 unspecified atom stereocenters. The van der Waals surface area contributed by atoms with Crippen LogP contribution in [0, 0.1) is 5.92 Å². The Labute approximate surface area is 89.4 Å². The van der Waals surface area contributed by atoms with Gasteiger partial charge >= 0.3 is 8.56 Å². The highest BCUT2D eigenvalue weighted by atomic mass is 28.4. The van der Waals surface area contributed by atoms with Crippen LogP contribution in [0.3, 0.4) is 0 Å². The Bertz CT molecular complexity index is 140. The Hall–Kier alpha value is 0.0969. The number of hydrogen-bond acceptors (Lipinski definition) is 3. The van der Waals surface area contributed by atoms with Gasteiger partial charge in [-0.1, -0.05) is 13.8 Å². The molecular weight excluding hydrogens is 194 g/mol. The largest absolute Gasteiger partial charge is 0.398 e. The van der Waals surface area contributed by atoms with E-state index in [1.807, 2.05) is 0 Å². The van der Waals surface area contributed by atoms with Gasteiger partial charge in [-0.05, 0) is 38.0 Å². The topological polar surface area (TPSA) is 30.5 Å². The summed E-state index contributed by atoms with van der Waals surface area (Å²) in [5.74, 6) is 0.623. The summed E-state index contributed by atoms with van der Waals surface area (Å²) in [4.78, 5) is 0. The van der Waals surface area contributed by atoms with Gasteiger partial charge in [0.25, 0.3) is 0 Å². The predicted molar refractivity (Wildman–Crippen MR) is 62.8 cm³/mol. The van der Waals surface area contributed by atoms with Crippen LogP contribution >= 0.6 is 0 Å². The highest BCUT2D eigenvalue weighted by molar-refractivity contribution is 6.65. The third kappa shape index (κ3) is 5.75. The minimum Gasteiger partial charge on any atom is -0.398 e. The van der Waals surface area contributed by atoms with Gasteiger partial charge in [-0.25, -0.2) is 0 Å². The van der Waals surface area contributed by atoms with Gasteiger partial charge < -0.3 is 14.2 Å². The lowest BCUT2D eigenvalue weighted by Crippen LogP contribution is -2.39. The molecule has 14 heavy (non-hydrogen) atoms. The summed E-state index contributed by atoms with van der Waals surface area (Å²) in [7, 11) is 1.64. The molecule has 0 spiro atoms. The molecule has 0 fully saturated rings. The molecule has 1 N–H and O–H groups in total. The maximum atomic E-state index is 5.45. The lowest BCUT2D eigenvalue weighted by molar-refractivity contribution is 0.242. The zero-order valence-corrected chi connectivity index (χ0v) is 11.2. The van der Waals surface area contributed by atoms with Crippen molar-refractivity contribution in [1.29, 1.82) is 0 Å². The van der Waals surface area contributed by atoms with Crippen molar-refractivity contribution in [2.24, 2.45) is 5.92 Å². The molecule has 0 aromatic heterocycles. The van der Waals surface area contributed by atoms with E-state index in [2.05, 4.69) is 25.7 Å². The van der Waals surface area contributed by atoms with Crippen LogP contribution in [0.2, 0.25) is 12.6 Å². The summed E-state index contributed by atoms with van der Waals surface area (Å²) in [6.45, 7) is 8.70. The lowest BCUT2D eigenvalue weighted by atomic mass is 10.2. The molecule has 0 aliphatic heterocycles. The average molecular weight is 219 g/mol. The van der Waals surface area contributed by atoms with Crippen LogP contribution in [-0.4, -0.2) is 35.9 Å². The molecule has 4 heteroatoms. The first kappa shape index (κ1) is 14.1. The molecule has 0 bridgehead atoms. The SMILES string of the molecule is CCCNCC(C)C[Si](C)(OC)OC. The fraction of sp³-hybridized carbons (Fsp3) is 1.00. The second-order valence-electron chi connectivity index (χ2n) is 4.06. The zero-order chi connectivity index (χ0) is 11.0. The molecule has 1 atom stereocenters. The molecule has 86 valence electrons. The molecule has 0 saturated carbocycles. The Morgan fingerprint density at radius 1 is 1.29 bits per heavy atom. The van der Waals surface area contributed by atoms with Gasteiger partial charge in [0.05, 0.1) is 0 Å². The molecule has 0 amide bonds. The summed E-state index contributed by atoms with van der Waals surface area (Å²) in [5, 5.41) is 3.42. The van der Waals surface area contributed by atoms with Crippen molar-refractivity contribution >= 4 is 8.56 Å². The molecule has 0 aliphatic rings. The Kier molecular flexibility index (Phi) is 7.45. The van der Waals surface area contributed by atoms with Gasteiger partial charge in [0.2, 0.25) is 0 Å². The quantitative estimate of drug-likeness (QED) is 0.500. The fourth-order valence-corrected chi connectivity index (χ4v) is 3.39. The van der Waals surface area contributed by atoms with Crippen LogP contribution < -0.4 is 5.32 Å². The molecule has 0 aliphatic carbocycles. The monoisotopic (exact) mass is 219 g/mol. The number of hydrogen-bond donors (Lipinski definition) is 1. The smallest absolute Gasteiger partial charge is 0.334 e. The van der Waals surface area contributed by atoms with Crippen molar-refractivity contribution in [1.82, 2.24) is 5.32 Å². The maximum Gasteiger partial charge on any atom is 0.334 e. The molecule has 0 saturated heterocycles. The summed E-state index contributed by atoms with van der Waals surface area (Å²) < 4.78 is 10.9. The van der Waals surface area contributed by atoms with E-state index in [4.69, 9.17) is 8.85 Å². The van der Waals surface area contributed by atoms with E-state index in [0.717, 1.165) is 19.1 Å². The van der Waals surface area contributed by atoms with Crippen molar-refractivity contribution < 1.29 is 8.85 Å². The van der Waals surface area contributed by atoms with Gasteiger partial charge in [0.15, 0.2) is 0 Å². The van der Waals surface area contributed by atoms with E-state index in [-0.39, 0.29) is 0 Å². The van der Waals surface area contributed by atoms with Crippen LogP contribution in [0.15, 0.2) is 0 Å². The van der Waals surface area contributed by atoms with Gasteiger partial charge in [-0.15, -0.1) is 0 Å². The Balaban J connectivity index is 3.73.